The molecule has 0 bridgehead atoms. The third-order valence-electron chi connectivity index (χ3n) is 8.65. The Morgan fingerprint density at radius 2 is 1.80 bits per heavy atom. The highest BCUT2D eigenvalue weighted by atomic mass is 16.6. The molecule has 0 spiro atoms. The molecular weight excluding hydrogens is 576 g/mol. The van der Waals surface area contributed by atoms with E-state index in [1.807, 2.05) is 43.3 Å². The first-order chi connectivity index (χ1) is 21.7. The number of hydrogen-bond acceptors (Lipinski definition) is 8. The molecule has 3 aromatic carbocycles. The minimum absolute atomic E-state index is 0.0540. The third-order valence-corrected chi connectivity index (χ3v) is 8.65. The zero-order valence-electron chi connectivity index (χ0n) is 24.9. The lowest BCUT2D eigenvalue weighted by atomic mass is 9.68. The first-order valence-corrected chi connectivity index (χ1v) is 15.0. The van der Waals surface area contributed by atoms with Crippen LogP contribution in [0, 0.1) is 27.9 Å². The molecule has 10 heteroatoms. The fourth-order valence-electron chi connectivity index (χ4n) is 6.41. The predicted octanol–water partition coefficient (Wildman–Crippen LogP) is 5.43. The maximum absolute atomic E-state index is 13.9. The van der Waals surface area contributed by atoms with Gasteiger partial charge in [0.1, 0.15) is 18.1 Å². The first-order valence-electron chi connectivity index (χ1n) is 15.0. The molecule has 45 heavy (non-hydrogen) atoms. The van der Waals surface area contributed by atoms with Gasteiger partial charge in [-0.2, -0.15) is 0 Å². The molecule has 5 rings (SSSR count). The number of non-ortho nitro benzene ring substituents is 1. The van der Waals surface area contributed by atoms with Gasteiger partial charge in [-0.25, -0.2) is 4.90 Å². The summed E-state index contributed by atoms with van der Waals surface area (Å²) >= 11 is 0. The Bertz CT molecular complexity index is 1620. The fourth-order valence-corrected chi connectivity index (χ4v) is 6.41. The van der Waals surface area contributed by atoms with Crippen molar-refractivity contribution in [2.75, 3.05) is 18.1 Å². The zero-order valence-corrected chi connectivity index (χ0v) is 24.9. The van der Waals surface area contributed by atoms with E-state index in [0.717, 1.165) is 22.5 Å². The molecule has 0 aromatic heterocycles. The van der Waals surface area contributed by atoms with Crippen molar-refractivity contribution in [2.24, 2.45) is 17.8 Å². The average molecular weight is 613 g/mol. The van der Waals surface area contributed by atoms with E-state index in [4.69, 9.17) is 4.74 Å². The summed E-state index contributed by atoms with van der Waals surface area (Å²) in [5.74, 6) is -2.89. The second-order valence-electron chi connectivity index (χ2n) is 11.4. The minimum atomic E-state index is -1.03. The topological polar surface area (TPSA) is 150 Å². The van der Waals surface area contributed by atoms with Gasteiger partial charge in [0.25, 0.3) is 5.69 Å². The molecule has 3 N–H and O–H groups in total. The van der Waals surface area contributed by atoms with Crippen LogP contribution >= 0.6 is 0 Å². The number of phenols is 1. The number of aliphatic hydroxyl groups is 2. The van der Waals surface area contributed by atoms with Crippen molar-refractivity contribution in [3.63, 3.8) is 0 Å². The summed E-state index contributed by atoms with van der Waals surface area (Å²) in [4.78, 5) is 39.4. The number of fused-ring (bicyclic) bond motifs is 1. The van der Waals surface area contributed by atoms with Crippen LogP contribution in [0.25, 0.3) is 6.08 Å². The zero-order chi connectivity index (χ0) is 32.1. The number of phenolic OH excluding ortho intramolecular Hbond substituents is 1. The molecule has 1 heterocycles. The summed E-state index contributed by atoms with van der Waals surface area (Å²) < 4.78 is 6.05. The number of rotatable bonds is 12. The Hall–Kier alpha value is -4.80. The number of anilines is 1. The van der Waals surface area contributed by atoms with E-state index in [9.17, 15) is 35.0 Å². The molecule has 234 valence electrons. The van der Waals surface area contributed by atoms with Crippen LogP contribution in [0.3, 0.4) is 0 Å². The maximum atomic E-state index is 13.9. The van der Waals surface area contributed by atoms with Gasteiger partial charge in [-0.05, 0) is 72.7 Å². The van der Waals surface area contributed by atoms with Crippen LogP contribution in [-0.2, 0) is 9.59 Å². The van der Waals surface area contributed by atoms with Gasteiger partial charge in [-0.15, -0.1) is 0 Å². The number of allylic oxidation sites excluding steroid dienone is 1. The lowest BCUT2D eigenvalue weighted by Crippen LogP contribution is -2.40. The molecule has 1 saturated heterocycles. The van der Waals surface area contributed by atoms with Gasteiger partial charge < -0.3 is 20.1 Å². The lowest BCUT2D eigenvalue weighted by molar-refractivity contribution is -0.384. The number of aromatic hydroxyl groups is 1. The number of nitro groups is 1. The van der Waals surface area contributed by atoms with Gasteiger partial charge in [0, 0.05) is 18.1 Å². The Balaban J connectivity index is 1.46. The van der Waals surface area contributed by atoms with E-state index in [1.54, 1.807) is 24.3 Å². The molecule has 1 fully saturated rings. The number of hydrogen-bond donors (Lipinski definition) is 3. The highest BCUT2D eigenvalue weighted by molar-refractivity contribution is 6.22. The van der Waals surface area contributed by atoms with Crippen molar-refractivity contribution in [1.82, 2.24) is 0 Å². The summed E-state index contributed by atoms with van der Waals surface area (Å²) in [5.41, 5.74) is 2.98. The summed E-state index contributed by atoms with van der Waals surface area (Å²) in [5, 5.41) is 43.4. The van der Waals surface area contributed by atoms with Crippen molar-refractivity contribution in [2.45, 2.75) is 38.7 Å². The Labute approximate surface area is 261 Å². The summed E-state index contributed by atoms with van der Waals surface area (Å²) in [6.07, 6.45) is 2.70. The number of carbonyl (C=O) groups excluding carboxylic acids is 2. The van der Waals surface area contributed by atoms with Crippen LogP contribution in [0.5, 0.6) is 11.5 Å². The van der Waals surface area contributed by atoms with Gasteiger partial charge in [0.05, 0.1) is 35.2 Å². The van der Waals surface area contributed by atoms with Gasteiger partial charge >= 0.3 is 0 Å². The molecule has 0 radical (unpaired) electrons. The monoisotopic (exact) mass is 612 g/mol. The summed E-state index contributed by atoms with van der Waals surface area (Å²) in [7, 11) is 0. The van der Waals surface area contributed by atoms with E-state index < -0.39 is 47.2 Å². The minimum Gasteiger partial charge on any atom is -0.508 e. The van der Waals surface area contributed by atoms with Crippen molar-refractivity contribution in [3.8, 4) is 11.5 Å². The second-order valence-corrected chi connectivity index (χ2v) is 11.4. The van der Waals surface area contributed by atoms with Crippen LogP contribution in [-0.4, -0.2) is 51.4 Å². The molecule has 2 aliphatic rings. The number of imide groups is 1. The molecule has 0 unspecified atom stereocenters. The number of para-hydroxylation sites is 1. The highest BCUT2D eigenvalue weighted by Crippen LogP contribution is 2.47. The van der Waals surface area contributed by atoms with Crippen LogP contribution in [0.15, 0.2) is 95.6 Å². The Kier molecular flexibility index (Phi) is 9.75. The number of amides is 2. The van der Waals surface area contributed by atoms with E-state index >= 15 is 0 Å². The van der Waals surface area contributed by atoms with Crippen molar-refractivity contribution >= 4 is 29.3 Å². The van der Waals surface area contributed by atoms with Crippen LogP contribution < -0.4 is 9.64 Å². The number of carbonyl (C=O) groups is 2. The molecule has 1 aliphatic carbocycles. The molecule has 4 atom stereocenters. The molecule has 1 aliphatic heterocycles. The number of nitro benzene ring substituents is 1. The molecular formula is C35H36N2O8. The van der Waals surface area contributed by atoms with Gasteiger partial charge in [0.2, 0.25) is 11.8 Å². The van der Waals surface area contributed by atoms with Crippen LogP contribution in [0.1, 0.15) is 38.2 Å². The largest absolute Gasteiger partial charge is 0.508 e. The fraction of sp³-hybridized carbons (Fsp3) is 0.314. The summed E-state index contributed by atoms with van der Waals surface area (Å²) in [6, 6.07) is 21.3. The van der Waals surface area contributed by atoms with Gasteiger partial charge in [-0.3, -0.25) is 19.7 Å². The van der Waals surface area contributed by atoms with Crippen LogP contribution in [0.2, 0.25) is 0 Å². The number of ether oxygens (including phenoxy) is 1. The first kappa shape index (κ1) is 31.6. The quantitative estimate of drug-likeness (QED) is 0.106. The third kappa shape index (κ3) is 6.82. The van der Waals surface area contributed by atoms with Crippen molar-refractivity contribution in [3.05, 3.63) is 111 Å². The normalized spacial score (nSPS) is 20.7. The molecule has 2 amide bonds. The van der Waals surface area contributed by atoms with E-state index in [1.165, 1.54) is 24.3 Å². The van der Waals surface area contributed by atoms with E-state index in [0.29, 0.717) is 29.7 Å². The maximum Gasteiger partial charge on any atom is 0.271 e. The molecule has 10 nitrogen and oxygen atoms in total. The summed E-state index contributed by atoms with van der Waals surface area (Å²) in [6.45, 7) is 1.59. The highest BCUT2D eigenvalue weighted by Gasteiger charge is 2.55. The molecule has 0 saturated carbocycles. The van der Waals surface area contributed by atoms with Crippen molar-refractivity contribution < 1.29 is 34.6 Å². The van der Waals surface area contributed by atoms with E-state index in [-0.39, 0.29) is 30.2 Å². The predicted molar refractivity (Wildman–Crippen MR) is 168 cm³/mol. The Morgan fingerprint density at radius 1 is 1.07 bits per heavy atom. The van der Waals surface area contributed by atoms with Crippen LogP contribution in [0.4, 0.5) is 11.4 Å². The number of nitrogens with zero attached hydrogens (tertiary/aromatic N) is 2. The van der Waals surface area contributed by atoms with Gasteiger partial charge in [0.15, 0.2) is 0 Å². The smallest absolute Gasteiger partial charge is 0.271 e. The number of benzene rings is 3. The second kappa shape index (κ2) is 13.9. The average Bonchev–Trinajstić information content (AvgIpc) is 3.31. The molecule has 3 aromatic rings. The van der Waals surface area contributed by atoms with Crippen molar-refractivity contribution in [1.29, 1.82) is 0 Å². The lowest BCUT2D eigenvalue weighted by Gasteiger charge is -2.36. The standard InChI is InChI=1S/C35H36N2O8/c1-2-22(17-23-11-14-27(39)15-12-23)13-16-31(40)32-24(21-45-28-9-4-3-5-10-28)18-29-33(30(32)20-38)35(42)36(34(29)41)25-7-6-8-26(19-25)37(43)44/h3-12,14-15,17,19,29-31,33,38-40H,2,13,16,18,20-21H2,1H3/b22-17+/t29-,30+,31-,33-/m1/s1. The van der Waals surface area contributed by atoms with Gasteiger partial charge in [-0.1, -0.05) is 55.0 Å². The SMILES string of the molecule is CC/C(=C\c1ccc(O)cc1)CC[C@@H](O)C1=C(COc2ccccc2)C[C@H]2C(=O)N(c3cccc([N+](=O)[O-])c3)C(=O)[C@H]2[C@H]1CO. The Morgan fingerprint density at radius 3 is 2.47 bits per heavy atom. The number of aliphatic hydroxyl groups excluding tert-OH is 2. The van der Waals surface area contributed by atoms with E-state index in [2.05, 4.69) is 0 Å².